The van der Waals surface area contributed by atoms with Gasteiger partial charge < -0.3 is 5.11 Å². The summed E-state index contributed by atoms with van der Waals surface area (Å²) in [6.07, 6.45) is 0. The summed E-state index contributed by atoms with van der Waals surface area (Å²) in [6.45, 7) is 3.72. The van der Waals surface area contributed by atoms with Crippen LogP contribution in [0, 0.1) is 18.3 Å². The van der Waals surface area contributed by atoms with Gasteiger partial charge in [0.1, 0.15) is 5.75 Å². The molecule has 1 atom stereocenters. The maximum absolute atomic E-state index is 9.35. The van der Waals surface area contributed by atoms with Gasteiger partial charge in [-0.2, -0.15) is 5.26 Å². The Labute approximate surface area is 85.9 Å². The van der Waals surface area contributed by atoms with Gasteiger partial charge in [-0.05, 0) is 47.0 Å². The Hall–Kier alpha value is -1.01. The van der Waals surface area contributed by atoms with Crippen LogP contribution in [-0.4, -0.2) is 5.11 Å². The summed E-state index contributed by atoms with van der Waals surface area (Å²) in [5.41, 5.74) is 1.88. The molecule has 3 heteroatoms. The Morgan fingerprint density at radius 1 is 1.54 bits per heavy atom. The van der Waals surface area contributed by atoms with E-state index in [0.29, 0.717) is 4.47 Å². The van der Waals surface area contributed by atoms with Crippen molar-refractivity contribution in [3.05, 3.63) is 27.7 Å². The average Bonchev–Trinajstić information content (AvgIpc) is 2.13. The lowest BCUT2D eigenvalue weighted by Crippen LogP contribution is -1.94. The molecular weight excluding hydrogens is 230 g/mol. The Morgan fingerprint density at radius 2 is 2.15 bits per heavy atom. The lowest BCUT2D eigenvalue weighted by atomic mass is 9.97. The summed E-state index contributed by atoms with van der Waals surface area (Å²) in [6, 6.07) is 5.54. The summed E-state index contributed by atoms with van der Waals surface area (Å²) >= 11 is 3.27. The molecule has 0 aliphatic heterocycles. The van der Waals surface area contributed by atoms with Crippen molar-refractivity contribution >= 4 is 15.9 Å². The van der Waals surface area contributed by atoms with E-state index in [0.717, 1.165) is 11.1 Å². The molecule has 0 aliphatic rings. The van der Waals surface area contributed by atoms with Gasteiger partial charge in [0.2, 0.25) is 0 Å². The van der Waals surface area contributed by atoms with E-state index in [4.69, 9.17) is 5.26 Å². The number of hydrogen-bond donors (Lipinski definition) is 1. The Kier molecular flexibility index (Phi) is 2.94. The number of aromatic hydroxyl groups is 1. The molecule has 0 saturated carbocycles. The molecule has 0 aromatic heterocycles. The van der Waals surface area contributed by atoms with E-state index in [-0.39, 0.29) is 11.7 Å². The zero-order chi connectivity index (χ0) is 10.0. The predicted octanol–water partition coefficient (Wildman–Crippen LogP) is 3.09. The van der Waals surface area contributed by atoms with E-state index < -0.39 is 0 Å². The monoisotopic (exact) mass is 239 g/mol. The predicted molar refractivity (Wildman–Crippen MR) is 54.6 cm³/mol. The number of halogens is 1. The lowest BCUT2D eigenvalue weighted by Gasteiger charge is -2.09. The van der Waals surface area contributed by atoms with Crippen LogP contribution in [0.5, 0.6) is 5.75 Å². The minimum Gasteiger partial charge on any atom is -0.507 e. The third kappa shape index (κ3) is 1.84. The van der Waals surface area contributed by atoms with Gasteiger partial charge in [-0.25, -0.2) is 0 Å². The maximum Gasteiger partial charge on any atom is 0.130 e. The largest absolute Gasteiger partial charge is 0.507 e. The first-order chi connectivity index (χ1) is 6.07. The second-order valence-electron chi connectivity index (χ2n) is 2.96. The van der Waals surface area contributed by atoms with Crippen LogP contribution in [0.15, 0.2) is 16.6 Å². The molecule has 0 amide bonds. The summed E-state index contributed by atoms with van der Waals surface area (Å²) in [5, 5.41) is 18.1. The highest BCUT2D eigenvalue weighted by molar-refractivity contribution is 9.10. The molecule has 1 aromatic carbocycles. The number of hydrogen-bond acceptors (Lipinski definition) is 2. The fraction of sp³-hybridized carbons (Fsp3) is 0.300. The van der Waals surface area contributed by atoms with Crippen molar-refractivity contribution in [1.29, 1.82) is 5.26 Å². The van der Waals surface area contributed by atoms with Crippen LogP contribution in [0.4, 0.5) is 0 Å². The standard InChI is InChI=1S/C10H10BrNO/c1-6(5-12)8-3-4-9(13)10(11)7(8)2/h3-4,6,13H,1-2H3. The molecule has 0 radical (unpaired) electrons. The first-order valence-electron chi connectivity index (χ1n) is 3.95. The molecule has 1 unspecified atom stereocenters. The van der Waals surface area contributed by atoms with E-state index in [9.17, 15) is 5.11 Å². The molecule has 0 saturated heterocycles. The van der Waals surface area contributed by atoms with Crippen molar-refractivity contribution < 1.29 is 5.11 Å². The second kappa shape index (κ2) is 3.80. The smallest absolute Gasteiger partial charge is 0.130 e. The van der Waals surface area contributed by atoms with Gasteiger partial charge in [0.25, 0.3) is 0 Å². The van der Waals surface area contributed by atoms with Crippen molar-refractivity contribution in [2.45, 2.75) is 19.8 Å². The van der Waals surface area contributed by atoms with Gasteiger partial charge in [0.05, 0.1) is 16.5 Å². The Bertz CT molecular complexity index is 368. The molecule has 0 aliphatic carbocycles. The highest BCUT2D eigenvalue weighted by atomic mass is 79.9. The molecule has 13 heavy (non-hydrogen) atoms. The lowest BCUT2D eigenvalue weighted by molar-refractivity contribution is 0.471. The van der Waals surface area contributed by atoms with E-state index in [1.165, 1.54) is 0 Å². The molecular formula is C10H10BrNO. The zero-order valence-electron chi connectivity index (χ0n) is 7.50. The van der Waals surface area contributed by atoms with Crippen LogP contribution >= 0.6 is 15.9 Å². The first kappa shape index (κ1) is 10.1. The molecule has 0 spiro atoms. The molecule has 68 valence electrons. The summed E-state index contributed by atoms with van der Waals surface area (Å²) < 4.78 is 0.673. The number of phenolic OH excluding ortho intramolecular Hbond substituents is 1. The van der Waals surface area contributed by atoms with Gasteiger partial charge in [-0.3, -0.25) is 0 Å². The van der Waals surface area contributed by atoms with E-state index >= 15 is 0 Å². The molecule has 1 rings (SSSR count). The topological polar surface area (TPSA) is 44.0 Å². The van der Waals surface area contributed by atoms with Crippen molar-refractivity contribution in [2.75, 3.05) is 0 Å². The summed E-state index contributed by atoms with van der Waals surface area (Å²) in [4.78, 5) is 0. The van der Waals surface area contributed by atoms with Gasteiger partial charge >= 0.3 is 0 Å². The number of nitriles is 1. The number of nitrogens with zero attached hydrogens (tertiary/aromatic N) is 1. The molecule has 1 N–H and O–H groups in total. The normalized spacial score (nSPS) is 12.2. The van der Waals surface area contributed by atoms with Crippen LogP contribution in [-0.2, 0) is 0 Å². The van der Waals surface area contributed by atoms with Crippen molar-refractivity contribution in [3.63, 3.8) is 0 Å². The van der Waals surface area contributed by atoms with Crippen LogP contribution in [0.25, 0.3) is 0 Å². The second-order valence-corrected chi connectivity index (χ2v) is 3.76. The van der Waals surface area contributed by atoms with Gasteiger partial charge in [-0.1, -0.05) is 6.07 Å². The average molecular weight is 240 g/mol. The molecule has 1 aromatic rings. The highest BCUT2D eigenvalue weighted by Crippen LogP contribution is 2.32. The van der Waals surface area contributed by atoms with Crippen molar-refractivity contribution in [1.82, 2.24) is 0 Å². The minimum absolute atomic E-state index is 0.142. The third-order valence-corrected chi connectivity index (χ3v) is 3.07. The molecule has 0 bridgehead atoms. The van der Waals surface area contributed by atoms with Crippen LogP contribution in [0.3, 0.4) is 0 Å². The summed E-state index contributed by atoms with van der Waals surface area (Å²) in [7, 11) is 0. The quantitative estimate of drug-likeness (QED) is 0.819. The fourth-order valence-electron chi connectivity index (χ4n) is 1.22. The number of rotatable bonds is 1. The highest BCUT2D eigenvalue weighted by Gasteiger charge is 2.11. The number of benzene rings is 1. The van der Waals surface area contributed by atoms with E-state index in [1.54, 1.807) is 12.1 Å². The van der Waals surface area contributed by atoms with Crippen molar-refractivity contribution in [2.24, 2.45) is 0 Å². The Balaban J connectivity index is 3.28. The SMILES string of the molecule is Cc1c(C(C)C#N)ccc(O)c1Br. The minimum atomic E-state index is -0.142. The van der Waals surface area contributed by atoms with Gasteiger partial charge in [0.15, 0.2) is 0 Å². The zero-order valence-corrected chi connectivity index (χ0v) is 9.09. The molecule has 2 nitrogen and oxygen atoms in total. The van der Waals surface area contributed by atoms with Gasteiger partial charge in [0, 0.05) is 0 Å². The van der Waals surface area contributed by atoms with E-state index in [2.05, 4.69) is 22.0 Å². The first-order valence-corrected chi connectivity index (χ1v) is 4.74. The Morgan fingerprint density at radius 3 is 2.69 bits per heavy atom. The maximum atomic E-state index is 9.35. The van der Waals surface area contributed by atoms with E-state index in [1.807, 2.05) is 13.8 Å². The molecule has 0 fully saturated rings. The van der Waals surface area contributed by atoms with Crippen molar-refractivity contribution in [3.8, 4) is 11.8 Å². The van der Waals surface area contributed by atoms with Crippen LogP contribution in [0.2, 0.25) is 0 Å². The fourth-order valence-corrected chi connectivity index (χ4v) is 1.59. The summed E-state index contributed by atoms with van der Waals surface area (Å²) in [5.74, 6) is 0.0725. The number of phenols is 1. The van der Waals surface area contributed by atoms with Gasteiger partial charge in [-0.15, -0.1) is 0 Å². The third-order valence-electron chi connectivity index (χ3n) is 2.07. The molecule has 0 heterocycles. The van der Waals surface area contributed by atoms with Crippen LogP contribution in [0.1, 0.15) is 24.0 Å². The van der Waals surface area contributed by atoms with Crippen LogP contribution < -0.4 is 0 Å².